The fourth-order valence-electron chi connectivity index (χ4n) is 4.34. The van der Waals surface area contributed by atoms with E-state index in [0.717, 1.165) is 59.8 Å². The Morgan fingerprint density at radius 1 is 0.947 bits per heavy atom. The van der Waals surface area contributed by atoms with Gasteiger partial charge in [0, 0.05) is 36.6 Å². The van der Waals surface area contributed by atoms with Crippen molar-refractivity contribution < 1.29 is 4.74 Å². The molecular formula is C28H36Cl2N6O2. The molecule has 3 aromatic carbocycles. The van der Waals surface area contributed by atoms with Crippen molar-refractivity contribution in [3.05, 3.63) is 76.7 Å². The molecular weight excluding hydrogens is 523 g/mol. The van der Waals surface area contributed by atoms with E-state index >= 15 is 0 Å². The van der Waals surface area contributed by atoms with E-state index < -0.39 is 0 Å². The highest BCUT2D eigenvalue weighted by atomic mass is 35.5. The molecule has 0 saturated carbocycles. The number of fused-ring (bicyclic) bond motifs is 1. The van der Waals surface area contributed by atoms with Crippen LogP contribution in [0.2, 0.25) is 0 Å². The molecule has 38 heavy (non-hydrogen) atoms. The fraction of sp³-hybridized carbons (Fsp3) is 0.321. The smallest absolute Gasteiger partial charge is 0.299 e. The third-order valence-corrected chi connectivity index (χ3v) is 6.62. The number of likely N-dealkylation sites (N-methyl/N-ethyl adjacent to an activating group) is 1. The van der Waals surface area contributed by atoms with Crippen LogP contribution < -0.4 is 15.6 Å². The number of halogens is 2. The number of azo groups is 1. The molecule has 4 aromatic rings. The summed E-state index contributed by atoms with van der Waals surface area (Å²) in [6, 6.07) is 19.4. The Morgan fingerprint density at radius 3 is 2.32 bits per heavy atom. The number of nitrogens with one attached hydrogen (secondary N) is 1. The summed E-state index contributed by atoms with van der Waals surface area (Å²) < 4.78 is 8.88. The van der Waals surface area contributed by atoms with Gasteiger partial charge in [-0.05, 0) is 62.5 Å². The van der Waals surface area contributed by atoms with Crippen molar-refractivity contribution in [2.75, 3.05) is 38.6 Å². The van der Waals surface area contributed by atoms with Gasteiger partial charge in [0.05, 0.1) is 24.2 Å². The summed E-state index contributed by atoms with van der Waals surface area (Å²) in [5.41, 5.74) is 3.34. The van der Waals surface area contributed by atoms with E-state index in [4.69, 9.17) is 4.74 Å². The maximum atomic E-state index is 13.2. The second-order valence-electron chi connectivity index (χ2n) is 8.61. The van der Waals surface area contributed by atoms with Gasteiger partial charge in [-0.3, -0.25) is 9.48 Å². The van der Waals surface area contributed by atoms with Gasteiger partial charge < -0.3 is 15.0 Å². The SMILES string of the molecule is CCN(CC)CCNc1ccc(N=Nc2c(C)n(C)n(-c3ccccc3)c2=O)c2cc(OC)ccc12.Cl.Cl. The number of aromatic nitrogens is 2. The number of nitrogens with zero attached hydrogens (tertiary/aromatic N) is 5. The quantitative estimate of drug-likeness (QED) is 0.221. The zero-order valence-corrected chi connectivity index (χ0v) is 24.1. The Hall–Kier alpha value is -3.33. The van der Waals surface area contributed by atoms with Crippen molar-refractivity contribution in [2.45, 2.75) is 20.8 Å². The molecule has 1 aromatic heterocycles. The third kappa shape index (κ3) is 6.38. The van der Waals surface area contributed by atoms with Crippen molar-refractivity contribution in [3.8, 4) is 11.4 Å². The highest BCUT2D eigenvalue weighted by molar-refractivity contribution is 6.01. The van der Waals surface area contributed by atoms with E-state index in [-0.39, 0.29) is 30.4 Å². The van der Waals surface area contributed by atoms with Crippen LogP contribution in [-0.4, -0.2) is 47.6 Å². The lowest BCUT2D eigenvalue weighted by Gasteiger charge is -2.19. The number of rotatable bonds is 10. The van der Waals surface area contributed by atoms with E-state index in [9.17, 15) is 4.79 Å². The van der Waals surface area contributed by atoms with Crippen molar-refractivity contribution in [1.82, 2.24) is 14.3 Å². The van der Waals surface area contributed by atoms with Crippen LogP contribution in [0.1, 0.15) is 19.5 Å². The van der Waals surface area contributed by atoms with Crippen LogP contribution in [0.15, 0.2) is 75.7 Å². The summed E-state index contributed by atoms with van der Waals surface area (Å²) >= 11 is 0. The summed E-state index contributed by atoms with van der Waals surface area (Å²) in [6.45, 7) is 10.1. The number of benzene rings is 3. The Kier molecular flexibility index (Phi) is 11.4. The molecule has 0 unspecified atom stereocenters. The number of hydrogen-bond donors (Lipinski definition) is 1. The molecule has 0 aliphatic heterocycles. The number of hydrogen-bond acceptors (Lipinski definition) is 6. The Labute approximate surface area is 236 Å². The van der Waals surface area contributed by atoms with Crippen LogP contribution in [0.3, 0.4) is 0 Å². The number of para-hydroxylation sites is 1. The van der Waals surface area contributed by atoms with Crippen molar-refractivity contribution >= 4 is 52.6 Å². The molecule has 4 rings (SSSR count). The van der Waals surface area contributed by atoms with Gasteiger partial charge in [0.1, 0.15) is 5.75 Å². The maximum Gasteiger partial charge on any atom is 0.299 e. The molecule has 0 atom stereocenters. The summed E-state index contributed by atoms with van der Waals surface area (Å²) in [5.74, 6) is 0.738. The van der Waals surface area contributed by atoms with Crippen molar-refractivity contribution in [2.24, 2.45) is 17.3 Å². The first-order valence-electron chi connectivity index (χ1n) is 12.3. The monoisotopic (exact) mass is 558 g/mol. The highest BCUT2D eigenvalue weighted by Crippen LogP contribution is 2.35. The average Bonchev–Trinajstić information content (AvgIpc) is 3.13. The van der Waals surface area contributed by atoms with Gasteiger partial charge in [-0.2, -0.15) is 0 Å². The molecule has 0 aliphatic rings. The van der Waals surface area contributed by atoms with E-state index in [1.807, 2.05) is 74.6 Å². The van der Waals surface area contributed by atoms with Crippen LogP contribution in [0.25, 0.3) is 16.5 Å². The van der Waals surface area contributed by atoms with Gasteiger partial charge in [0.25, 0.3) is 5.56 Å². The molecule has 0 aliphatic carbocycles. The summed E-state index contributed by atoms with van der Waals surface area (Å²) in [7, 11) is 3.50. The van der Waals surface area contributed by atoms with E-state index in [0.29, 0.717) is 11.4 Å². The molecule has 0 radical (unpaired) electrons. The lowest BCUT2D eigenvalue weighted by atomic mass is 10.1. The predicted octanol–water partition coefficient (Wildman–Crippen LogP) is 6.66. The second-order valence-corrected chi connectivity index (χ2v) is 8.61. The van der Waals surface area contributed by atoms with E-state index in [1.165, 1.54) is 0 Å². The molecule has 0 amide bonds. The molecule has 0 saturated heterocycles. The molecule has 0 spiro atoms. The van der Waals surface area contributed by atoms with Crippen LogP contribution in [0.4, 0.5) is 17.1 Å². The minimum atomic E-state index is -0.207. The first-order valence-corrected chi connectivity index (χ1v) is 12.3. The third-order valence-electron chi connectivity index (χ3n) is 6.62. The first kappa shape index (κ1) is 30.9. The molecule has 1 heterocycles. The van der Waals surface area contributed by atoms with Gasteiger partial charge >= 0.3 is 0 Å². The number of methoxy groups -OCH3 is 1. The van der Waals surface area contributed by atoms with E-state index in [2.05, 4.69) is 34.3 Å². The Bertz CT molecular complexity index is 1430. The van der Waals surface area contributed by atoms with Gasteiger partial charge in [-0.15, -0.1) is 35.0 Å². The first-order chi connectivity index (χ1) is 17.5. The Balaban J connectivity index is 0.00000253. The van der Waals surface area contributed by atoms with Gasteiger partial charge in [0.15, 0.2) is 5.69 Å². The maximum absolute atomic E-state index is 13.2. The van der Waals surface area contributed by atoms with Crippen LogP contribution in [0.5, 0.6) is 5.75 Å². The molecule has 8 nitrogen and oxygen atoms in total. The molecule has 10 heteroatoms. The fourth-order valence-corrected chi connectivity index (χ4v) is 4.34. The van der Waals surface area contributed by atoms with Crippen molar-refractivity contribution in [1.29, 1.82) is 0 Å². The number of anilines is 1. The summed E-state index contributed by atoms with van der Waals surface area (Å²) in [4.78, 5) is 15.6. The largest absolute Gasteiger partial charge is 0.497 e. The predicted molar refractivity (Wildman–Crippen MR) is 161 cm³/mol. The summed E-state index contributed by atoms with van der Waals surface area (Å²) in [5, 5.41) is 14.5. The van der Waals surface area contributed by atoms with E-state index in [1.54, 1.807) is 16.5 Å². The summed E-state index contributed by atoms with van der Waals surface area (Å²) in [6.07, 6.45) is 0. The lowest BCUT2D eigenvalue weighted by molar-refractivity contribution is 0.316. The standard InChI is InChI=1S/C28H34N6O2.2ClH/c1-6-33(7-2)18-17-29-25-15-16-26(24-19-22(36-5)13-14-23(24)25)30-31-27-20(3)32(4)34(28(27)35)21-11-9-8-10-12-21;;/h8-16,19,29H,6-7,17-18H2,1-5H3;2*1H. The minimum absolute atomic E-state index is 0. The average molecular weight is 560 g/mol. The highest BCUT2D eigenvalue weighted by Gasteiger charge is 2.16. The van der Waals surface area contributed by atoms with Crippen LogP contribution in [-0.2, 0) is 7.05 Å². The normalized spacial score (nSPS) is 11.0. The zero-order chi connectivity index (χ0) is 25.7. The van der Waals surface area contributed by atoms with Crippen molar-refractivity contribution in [3.63, 3.8) is 0 Å². The topological polar surface area (TPSA) is 76.1 Å². The lowest BCUT2D eigenvalue weighted by Crippen LogP contribution is -2.28. The molecule has 1 N–H and O–H groups in total. The molecule has 204 valence electrons. The van der Waals surface area contributed by atoms with Gasteiger partial charge in [-0.25, -0.2) is 4.68 Å². The molecule has 0 fully saturated rings. The van der Waals surface area contributed by atoms with Crippen LogP contribution in [0, 0.1) is 6.92 Å². The second kappa shape index (κ2) is 14.0. The van der Waals surface area contributed by atoms with Gasteiger partial charge in [0.2, 0.25) is 0 Å². The Morgan fingerprint density at radius 2 is 1.66 bits per heavy atom. The molecule has 0 bridgehead atoms. The number of ether oxygens (including phenoxy) is 1. The van der Waals surface area contributed by atoms with Crippen LogP contribution >= 0.6 is 24.8 Å². The minimum Gasteiger partial charge on any atom is -0.497 e. The van der Waals surface area contributed by atoms with Gasteiger partial charge in [-0.1, -0.05) is 32.0 Å². The zero-order valence-electron chi connectivity index (χ0n) is 22.5.